The zero-order chi connectivity index (χ0) is 15.2. The van der Waals surface area contributed by atoms with Gasteiger partial charge in [0.25, 0.3) is 0 Å². The molecule has 2 atom stereocenters. The first-order valence-corrected chi connectivity index (χ1v) is 8.23. The van der Waals surface area contributed by atoms with Crippen LogP contribution in [-0.2, 0) is 4.79 Å². The number of nitrogens with one attached hydrogen (secondary N) is 1. The summed E-state index contributed by atoms with van der Waals surface area (Å²) in [6.07, 6.45) is 0. The third-order valence-corrected chi connectivity index (χ3v) is 5.67. The molecule has 0 fully saturated rings. The van der Waals surface area contributed by atoms with Crippen LogP contribution in [-0.4, -0.2) is 17.8 Å². The first-order valence-electron chi connectivity index (χ1n) is 6.40. The van der Waals surface area contributed by atoms with Gasteiger partial charge in [0.1, 0.15) is 10.6 Å². The van der Waals surface area contributed by atoms with Gasteiger partial charge in [-0.15, -0.1) is 0 Å². The number of ether oxygens (including phenoxy) is 1. The highest BCUT2D eigenvalue weighted by molar-refractivity contribution is 9.12. The van der Waals surface area contributed by atoms with E-state index in [1.165, 1.54) is 0 Å². The molecule has 0 aliphatic carbocycles. The van der Waals surface area contributed by atoms with Crippen molar-refractivity contribution in [2.75, 3.05) is 12.4 Å². The fraction of sp³-hybridized carbons (Fsp3) is 0.188. The quantitative estimate of drug-likeness (QED) is 0.732. The average molecular weight is 413 g/mol. The van der Waals surface area contributed by atoms with Crippen LogP contribution in [0.2, 0.25) is 0 Å². The predicted molar refractivity (Wildman–Crippen MR) is 92.4 cm³/mol. The molecular formula is C16H15Br2NO2. The highest BCUT2D eigenvalue weighted by Gasteiger charge is 2.25. The van der Waals surface area contributed by atoms with Gasteiger partial charge in [-0.25, -0.2) is 0 Å². The molecule has 0 saturated heterocycles. The zero-order valence-corrected chi connectivity index (χ0v) is 14.6. The van der Waals surface area contributed by atoms with E-state index in [2.05, 4.69) is 37.2 Å². The summed E-state index contributed by atoms with van der Waals surface area (Å²) in [6, 6.07) is 17.1. The highest BCUT2D eigenvalue weighted by Crippen LogP contribution is 2.32. The monoisotopic (exact) mass is 411 g/mol. The summed E-state index contributed by atoms with van der Waals surface area (Å²) >= 11 is 7.01. The number of anilines is 1. The normalized spacial score (nSPS) is 13.3. The molecule has 2 aromatic rings. The van der Waals surface area contributed by atoms with E-state index in [0.717, 1.165) is 5.56 Å². The molecule has 0 aliphatic heterocycles. The maximum Gasteiger partial charge on any atom is 0.239 e. The summed E-state index contributed by atoms with van der Waals surface area (Å²) in [6.45, 7) is 0. The van der Waals surface area contributed by atoms with Crippen LogP contribution < -0.4 is 10.1 Å². The second-order valence-corrected chi connectivity index (χ2v) is 6.41. The number of alkyl halides is 2. The van der Waals surface area contributed by atoms with Gasteiger partial charge in [-0.3, -0.25) is 4.79 Å². The Labute approximate surface area is 141 Å². The maximum absolute atomic E-state index is 12.3. The molecule has 0 aliphatic rings. The van der Waals surface area contributed by atoms with E-state index >= 15 is 0 Å². The van der Waals surface area contributed by atoms with Crippen molar-refractivity contribution >= 4 is 43.5 Å². The van der Waals surface area contributed by atoms with Gasteiger partial charge in [0.05, 0.1) is 11.9 Å². The molecular weight excluding hydrogens is 398 g/mol. The molecule has 2 rings (SSSR count). The largest absolute Gasteiger partial charge is 0.497 e. The minimum Gasteiger partial charge on any atom is -0.497 e. The second kappa shape index (κ2) is 7.61. The van der Waals surface area contributed by atoms with Gasteiger partial charge in [0, 0.05) is 11.8 Å². The first-order chi connectivity index (χ1) is 10.1. The van der Waals surface area contributed by atoms with Crippen molar-refractivity contribution in [3.63, 3.8) is 0 Å². The molecule has 0 aromatic heterocycles. The number of methoxy groups -OCH3 is 1. The molecule has 2 aromatic carbocycles. The molecule has 21 heavy (non-hydrogen) atoms. The summed E-state index contributed by atoms with van der Waals surface area (Å²) in [5, 5.41) is 2.87. The van der Waals surface area contributed by atoms with E-state index < -0.39 is 0 Å². The lowest BCUT2D eigenvalue weighted by atomic mass is 10.1. The number of hydrogen-bond acceptors (Lipinski definition) is 2. The van der Waals surface area contributed by atoms with Crippen LogP contribution in [0.15, 0.2) is 54.6 Å². The van der Waals surface area contributed by atoms with Crippen LogP contribution in [0.5, 0.6) is 5.75 Å². The molecule has 0 bridgehead atoms. The lowest BCUT2D eigenvalue weighted by molar-refractivity contribution is -0.115. The molecule has 0 saturated carbocycles. The Balaban J connectivity index is 2.05. The lowest BCUT2D eigenvalue weighted by Gasteiger charge is -2.17. The van der Waals surface area contributed by atoms with Crippen LogP contribution in [0.4, 0.5) is 5.69 Å². The van der Waals surface area contributed by atoms with E-state index in [1.54, 1.807) is 13.2 Å². The van der Waals surface area contributed by atoms with Gasteiger partial charge >= 0.3 is 0 Å². The van der Waals surface area contributed by atoms with Gasteiger partial charge in [-0.1, -0.05) is 68.3 Å². The number of carbonyl (C=O) groups is 1. The average Bonchev–Trinajstić information content (AvgIpc) is 2.54. The molecule has 1 N–H and O–H groups in total. The van der Waals surface area contributed by atoms with E-state index in [1.807, 2.05) is 48.5 Å². The molecule has 3 nitrogen and oxygen atoms in total. The van der Waals surface area contributed by atoms with Gasteiger partial charge in [0.2, 0.25) is 5.91 Å². The minimum absolute atomic E-state index is 0.107. The Hall–Kier alpha value is -1.33. The minimum atomic E-state index is -0.383. The predicted octanol–water partition coefficient (Wildman–Crippen LogP) is 4.53. The molecule has 110 valence electrons. The van der Waals surface area contributed by atoms with Crippen molar-refractivity contribution in [2.24, 2.45) is 0 Å². The SMILES string of the molecule is COc1cccc(NC(=O)[C@H](Br)[C@H](Br)c2ccccc2)c1. The van der Waals surface area contributed by atoms with Crippen molar-refractivity contribution in [2.45, 2.75) is 9.65 Å². The van der Waals surface area contributed by atoms with Crippen molar-refractivity contribution in [1.29, 1.82) is 0 Å². The summed E-state index contributed by atoms with van der Waals surface area (Å²) < 4.78 is 5.14. The lowest BCUT2D eigenvalue weighted by Crippen LogP contribution is -2.26. The number of rotatable bonds is 5. The number of benzene rings is 2. The van der Waals surface area contributed by atoms with Crippen LogP contribution >= 0.6 is 31.9 Å². The Kier molecular flexibility index (Phi) is 5.82. The number of amides is 1. The van der Waals surface area contributed by atoms with Crippen LogP contribution in [0.25, 0.3) is 0 Å². The summed E-state index contributed by atoms with van der Waals surface area (Å²) in [5.41, 5.74) is 1.75. The molecule has 0 radical (unpaired) electrons. The number of hydrogen-bond donors (Lipinski definition) is 1. The van der Waals surface area contributed by atoms with Gasteiger partial charge in [-0.2, -0.15) is 0 Å². The first kappa shape index (κ1) is 16.0. The number of carbonyl (C=O) groups excluding carboxylic acids is 1. The Bertz CT molecular complexity index is 604. The van der Waals surface area contributed by atoms with Crippen LogP contribution in [0, 0.1) is 0 Å². The standard InChI is InChI=1S/C16H15Br2NO2/c1-21-13-9-5-8-12(10-13)19-16(20)15(18)14(17)11-6-3-2-4-7-11/h2-10,14-15H,1H3,(H,19,20)/t14-,15-/m1/s1. The van der Waals surface area contributed by atoms with E-state index in [0.29, 0.717) is 11.4 Å². The van der Waals surface area contributed by atoms with E-state index in [4.69, 9.17) is 4.74 Å². The third-order valence-electron chi connectivity index (χ3n) is 2.96. The fourth-order valence-corrected chi connectivity index (χ4v) is 2.82. The Morgan fingerprint density at radius 1 is 1.10 bits per heavy atom. The topological polar surface area (TPSA) is 38.3 Å². The Morgan fingerprint density at radius 3 is 2.48 bits per heavy atom. The molecule has 0 heterocycles. The zero-order valence-electron chi connectivity index (χ0n) is 11.4. The van der Waals surface area contributed by atoms with Crippen molar-refractivity contribution in [3.8, 4) is 5.75 Å². The van der Waals surface area contributed by atoms with Crippen molar-refractivity contribution < 1.29 is 9.53 Å². The summed E-state index contributed by atoms with van der Waals surface area (Å²) in [7, 11) is 1.60. The van der Waals surface area contributed by atoms with Crippen LogP contribution in [0.3, 0.4) is 0 Å². The maximum atomic E-state index is 12.3. The number of halogens is 2. The van der Waals surface area contributed by atoms with Crippen molar-refractivity contribution in [1.82, 2.24) is 0 Å². The van der Waals surface area contributed by atoms with Crippen molar-refractivity contribution in [3.05, 3.63) is 60.2 Å². The second-order valence-electron chi connectivity index (χ2n) is 4.44. The molecule has 0 unspecified atom stereocenters. The fourth-order valence-electron chi connectivity index (χ4n) is 1.85. The summed E-state index contributed by atoms with van der Waals surface area (Å²) in [5.74, 6) is 0.589. The smallest absolute Gasteiger partial charge is 0.239 e. The summed E-state index contributed by atoms with van der Waals surface area (Å²) in [4.78, 5) is 11.8. The van der Waals surface area contributed by atoms with Crippen LogP contribution in [0.1, 0.15) is 10.4 Å². The van der Waals surface area contributed by atoms with E-state index in [-0.39, 0.29) is 15.6 Å². The molecule has 5 heteroatoms. The molecule has 1 amide bonds. The third kappa shape index (κ3) is 4.32. The molecule has 0 spiro atoms. The van der Waals surface area contributed by atoms with Gasteiger partial charge < -0.3 is 10.1 Å². The van der Waals surface area contributed by atoms with Gasteiger partial charge in [0.15, 0.2) is 0 Å². The van der Waals surface area contributed by atoms with E-state index in [9.17, 15) is 4.79 Å². The Morgan fingerprint density at radius 2 is 1.81 bits per heavy atom. The highest BCUT2D eigenvalue weighted by atomic mass is 79.9. The van der Waals surface area contributed by atoms with Gasteiger partial charge in [-0.05, 0) is 17.7 Å².